The largest absolute Gasteiger partial charge is 0.467 e. The lowest BCUT2D eigenvalue weighted by Crippen LogP contribution is -2.69. The highest BCUT2D eigenvalue weighted by atomic mass is 16.5. The zero-order valence-corrected chi connectivity index (χ0v) is 20.2. The van der Waals surface area contributed by atoms with Crippen molar-refractivity contribution in [3.8, 4) is 29.0 Å². The summed E-state index contributed by atoms with van der Waals surface area (Å²) in [5, 5.41) is 17.3. The second kappa shape index (κ2) is 10.0. The monoisotopic (exact) mass is 512 g/mol. The number of amides is 4. The lowest BCUT2D eigenvalue weighted by Gasteiger charge is -2.34. The lowest BCUT2D eigenvalue weighted by atomic mass is 9.95. The summed E-state index contributed by atoms with van der Waals surface area (Å²) in [5.74, 6) is -0.384. The molecule has 0 bridgehead atoms. The topological polar surface area (TPSA) is 146 Å². The van der Waals surface area contributed by atoms with Gasteiger partial charge in [-0.2, -0.15) is 10.4 Å². The molecule has 0 aliphatic carbocycles. The van der Waals surface area contributed by atoms with Gasteiger partial charge in [0.05, 0.1) is 23.6 Å². The number of benzene rings is 3. The molecule has 0 spiro atoms. The van der Waals surface area contributed by atoms with Crippen LogP contribution in [0.15, 0.2) is 72.9 Å². The molecule has 5 rings (SSSR count). The minimum absolute atomic E-state index is 0.0586. The van der Waals surface area contributed by atoms with E-state index in [9.17, 15) is 14.4 Å². The Labute approximate surface area is 216 Å². The van der Waals surface area contributed by atoms with Crippen molar-refractivity contribution in [3.05, 3.63) is 78.5 Å². The number of hydrogen-bond acceptors (Lipinski definition) is 7. The van der Waals surface area contributed by atoms with E-state index >= 15 is 0 Å². The third-order valence-electron chi connectivity index (χ3n) is 6.00. The Balaban J connectivity index is 1.32. The predicted molar refractivity (Wildman–Crippen MR) is 133 cm³/mol. The van der Waals surface area contributed by atoms with Gasteiger partial charge in [0.1, 0.15) is 22.8 Å². The summed E-state index contributed by atoms with van der Waals surface area (Å²) >= 11 is 0. The fourth-order valence-electron chi connectivity index (χ4n) is 4.02. The number of nitriles is 1. The van der Waals surface area contributed by atoms with Gasteiger partial charge in [0.2, 0.25) is 11.9 Å². The van der Waals surface area contributed by atoms with E-state index < -0.39 is 23.4 Å². The van der Waals surface area contributed by atoms with Gasteiger partial charge in [-0.05, 0) is 54.6 Å². The maximum absolute atomic E-state index is 12.6. The van der Waals surface area contributed by atoms with Crippen LogP contribution in [0.4, 0.5) is 4.79 Å². The molecule has 3 N–H and O–H groups in total. The summed E-state index contributed by atoms with van der Waals surface area (Å²) in [6, 6.07) is 20.4. The van der Waals surface area contributed by atoms with Gasteiger partial charge in [0, 0.05) is 25.7 Å². The fraction of sp³-hybridized carbons (Fsp3) is 0.148. The van der Waals surface area contributed by atoms with Gasteiger partial charge in [-0.25, -0.2) is 4.79 Å². The molecule has 38 heavy (non-hydrogen) atoms. The Hall–Kier alpha value is -5.21. The number of rotatable bonds is 8. The van der Waals surface area contributed by atoms with Crippen LogP contribution in [0.5, 0.6) is 17.2 Å². The number of carbonyl (C=O) groups excluding carboxylic acids is 3. The molecule has 1 aliphatic rings. The number of barbiturate groups is 1. The molecule has 1 fully saturated rings. The van der Waals surface area contributed by atoms with E-state index in [1.54, 1.807) is 36.4 Å². The molecule has 190 valence electrons. The van der Waals surface area contributed by atoms with Crippen molar-refractivity contribution < 1.29 is 33.3 Å². The number of aromatic amines is 1. The van der Waals surface area contributed by atoms with Crippen molar-refractivity contribution in [3.63, 3.8) is 0 Å². The van der Waals surface area contributed by atoms with E-state index in [-0.39, 0.29) is 18.8 Å². The number of ether oxygens (including phenoxy) is 3. The average molecular weight is 513 g/mol. The van der Waals surface area contributed by atoms with E-state index in [0.29, 0.717) is 17.1 Å². The lowest BCUT2D eigenvalue weighted by molar-refractivity contribution is -0.653. The third kappa shape index (κ3) is 4.76. The number of carbonyl (C=O) groups is 3. The normalized spacial score (nSPS) is 14.5. The van der Waals surface area contributed by atoms with Crippen LogP contribution in [0.25, 0.3) is 16.6 Å². The number of hydrogen-bond donors (Lipinski definition) is 3. The van der Waals surface area contributed by atoms with Crippen molar-refractivity contribution in [2.75, 3.05) is 13.7 Å². The summed E-state index contributed by atoms with van der Waals surface area (Å²) in [5.41, 5.74) is 0.416. The average Bonchev–Trinajstić information content (AvgIpc) is 3.35. The molecule has 1 saturated heterocycles. The van der Waals surface area contributed by atoms with Gasteiger partial charge in [-0.1, -0.05) is 4.68 Å². The van der Waals surface area contributed by atoms with Crippen LogP contribution in [-0.2, 0) is 14.3 Å². The summed E-state index contributed by atoms with van der Waals surface area (Å²) in [6.45, 7) is 0.0586. The van der Waals surface area contributed by atoms with Crippen LogP contribution < -0.4 is 24.8 Å². The Kier molecular flexibility index (Phi) is 6.47. The highest BCUT2D eigenvalue weighted by Gasteiger charge is 2.52. The standard InChI is InChI=1S/C27H21N5O6/c1-36-13-12-27(24(33)29-26(35)30-25(27)34)38-21-8-6-20(7-9-21)37-22-10-11-23-18(14-22)16-32(31-23)19-4-2-17(15-28)3-5-19/h2-11,14,16H,12-13H2,1H3,(H2,29,30,33,34,35)/p+1. The number of methoxy groups -OCH3 is 1. The molecule has 4 amide bonds. The fourth-order valence-corrected chi connectivity index (χ4v) is 4.02. The molecule has 0 saturated carbocycles. The first kappa shape index (κ1) is 24.5. The van der Waals surface area contributed by atoms with Crippen LogP contribution in [0.3, 0.4) is 0 Å². The molecule has 4 aromatic rings. The number of imide groups is 2. The molecule has 11 nitrogen and oxygen atoms in total. The van der Waals surface area contributed by atoms with Crippen LogP contribution >= 0.6 is 0 Å². The van der Waals surface area contributed by atoms with E-state index in [1.807, 2.05) is 41.2 Å². The zero-order valence-electron chi connectivity index (χ0n) is 20.2. The molecule has 1 aromatic heterocycles. The Morgan fingerprint density at radius 2 is 1.55 bits per heavy atom. The first-order chi connectivity index (χ1) is 18.4. The predicted octanol–water partition coefficient (Wildman–Crippen LogP) is 2.63. The van der Waals surface area contributed by atoms with E-state index in [4.69, 9.17) is 19.5 Å². The van der Waals surface area contributed by atoms with Crippen molar-refractivity contribution in [1.29, 1.82) is 5.26 Å². The molecule has 0 unspecified atom stereocenters. The van der Waals surface area contributed by atoms with Gasteiger partial charge in [-0.3, -0.25) is 20.2 Å². The molecule has 1 aliphatic heterocycles. The Bertz CT molecular complexity index is 1550. The molecule has 11 heteroatoms. The quantitative estimate of drug-likeness (QED) is 0.243. The number of urea groups is 1. The van der Waals surface area contributed by atoms with Gasteiger partial charge in [0.15, 0.2) is 0 Å². The van der Waals surface area contributed by atoms with Crippen LogP contribution in [0.1, 0.15) is 12.0 Å². The highest BCUT2D eigenvalue weighted by Crippen LogP contribution is 2.29. The van der Waals surface area contributed by atoms with Gasteiger partial charge in [-0.15, -0.1) is 0 Å². The number of H-pyrrole nitrogens is 1. The molecule has 0 atom stereocenters. The number of aromatic nitrogens is 2. The van der Waals surface area contributed by atoms with E-state index in [1.165, 1.54) is 7.11 Å². The summed E-state index contributed by atoms with van der Waals surface area (Å²) < 4.78 is 18.7. The van der Waals surface area contributed by atoms with Crippen molar-refractivity contribution in [2.45, 2.75) is 12.0 Å². The van der Waals surface area contributed by atoms with Gasteiger partial charge < -0.3 is 14.2 Å². The van der Waals surface area contributed by atoms with E-state index in [0.717, 1.165) is 16.6 Å². The number of nitrogens with one attached hydrogen (secondary N) is 3. The maximum atomic E-state index is 12.6. The smallest absolute Gasteiger partial charge is 0.328 e. The van der Waals surface area contributed by atoms with Crippen LogP contribution in [0, 0.1) is 11.3 Å². The molecular formula is C27H22N5O6+. The first-order valence-electron chi connectivity index (χ1n) is 11.6. The van der Waals surface area contributed by atoms with Crippen molar-refractivity contribution in [2.24, 2.45) is 0 Å². The minimum Gasteiger partial charge on any atom is -0.467 e. The summed E-state index contributed by atoms with van der Waals surface area (Å²) in [7, 11) is 1.43. The van der Waals surface area contributed by atoms with E-state index in [2.05, 4.69) is 21.8 Å². The molecule has 2 heterocycles. The molecule has 3 aromatic carbocycles. The van der Waals surface area contributed by atoms with Gasteiger partial charge in [0.25, 0.3) is 17.4 Å². The summed E-state index contributed by atoms with van der Waals surface area (Å²) in [4.78, 5) is 36.7. The van der Waals surface area contributed by atoms with Crippen LogP contribution in [0.2, 0.25) is 0 Å². The molecule has 0 radical (unpaired) electrons. The van der Waals surface area contributed by atoms with Crippen LogP contribution in [-0.4, -0.2) is 42.3 Å². The van der Waals surface area contributed by atoms with Crippen molar-refractivity contribution >= 4 is 28.7 Å². The Morgan fingerprint density at radius 3 is 2.21 bits per heavy atom. The second-order valence-corrected chi connectivity index (χ2v) is 8.50. The third-order valence-corrected chi connectivity index (χ3v) is 6.00. The SMILES string of the molecule is COCCC1(Oc2ccc(Oc3ccc4[nH][n+](-c5ccc(C#N)cc5)cc4c3)cc2)C(=O)NC(=O)NC1=O. The minimum atomic E-state index is -1.95. The Morgan fingerprint density at radius 1 is 0.895 bits per heavy atom. The molecular weight excluding hydrogens is 490 g/mol. The number of nitrogens with zero attached hydrogens (tertiary/aromatic N) is 2. The second-order valence-electron chi connectivity index (χ2n) is 8.50. The van der Waals surface area contributed by atoms with Crippen molar-refractivity contribution in [1.82, 2.24) is 15.7 Å². The van der Waals surface area contributed by atoms with Gasteiger partial charge >= 0.3 is 6.03 Å². The highest BCUT2D eigenvalue weighted by molar-refractivity contribution is 6.21. The first-order valence-corrected chi connectivity index (χ1v) is 11.6. The maximum Gasteiger partial charge on any atom is 0.328 e. The number of fused-ring (bicyclic) bond motifs is 1. The summed E-state index contributed by atoms with van der Waals surface area (Å²) in [6.07, 6.45) is 1.83. The zero-order chi connectivity index (χ0) is 26.7.